The second-order valence-corrected chi connectivity index (χ2v) is 2.59. The van der Waals surface area contributed by atoms with Crippen molar-refractivity contribution in [1.29, 1.82) is 0 Å². The average Bonchev–Trinajstić information content (AvgIpc) is 2.10. The van der Waals surface area contributed by atoms with Crippen LogP contribution < -0.4 is 4.74 Å². The molecule has 0 unspecified atom stereocenters. The van der Waals surface area contributed by atoms with Gasteiger partial charge in [0.2, 0.25) is 0 Å². The van der Waals surface area contributed by atoms with Gasteiger partial charge in [-0.25, -0.2) is 4.39 Å². The molecule has 0 fully saturated rings. The summed E-state index contributed by atoms with van der Waals surface area (Å²) in [6.45, 7) is -0.278. The van der Waals surface area contributed by atoms with Crippen molar-refractivity contribution in [2.75, 3.05) is 7.11 Å². The van der Waals surface area contributed by atoms with Gasteiger partial charge in [0.15, 0.2) is 11.6 Å². The normalized spacial score (nSPS) is 10.0. The maximum Gasteiger partial charge on any atom is 0.183 e. The van der Waals surface area contributed by atoms with E-state index >= 15 is 0 Å². The third-order valence-electron chi connectivity index (χ3n) is 1.52. The summed E-state index contributed by atoms with van der Waals surface area (Å²) in [4.78, 5) is 0. The smallest absolute Gasteiger partial charge is 0.183 e. The highest BCUT2D eigenvalue weighted by Gasteiger charge is 2.10. The monoisotopic (exact) mass is 190 g/mol. The van der Waals surface area contributed by atoms with Crippen molar-refractivity contribution in [3.8, 4) is 5.75 Å². The number of aliphatic hydroxyl groups is 1. The van der Waals surface area contributed by atoms with E-state index < -0.39 is 5.82 Å². The molecular weight excluding hydrogens is 183 g/mol. The second kappa shape index (κ2) is 3.74. The Hall–Kier alpha value is -0.800. The van der Waals surface area contributed by atoms with Gasteiger partial charge in [0.1, 0.15) is 0 Å². The highest BCUT2D eigenvalue weighted by molar-refractivity contribution is 6.31. The highest BCUT2D eigenvalue weighted by Crippen LogP contribution is 2.27. The number of ether oxygens (including phenoxy) is 1. The summed E-state index contributed by atoms with van der Waals surface area (Å²) in [5.41, 5.74) is 0.356. The van der Waals surface area contributed by atoms with Gasteiger partial charge in [0.05, 0.1) is 18.7 Å². The SMILES string of the molecule is COc1ccc(CO)c(Cl)c1F. The molecule has 0 heterocycles. The molecular formula is C8H8ClFO2. The molecule has 0 saturated carbocycles. The Balaban J connectivity index is 3.20. The lowest BCUT2D eigenvalue weighted by Gasteiger charge is -2.05. The minimum absolute atomic E-state index is 0.0807. The van der Waals surface area contributed by atoms with E-state index in [4.69, 9.17) is 16.7 Å². The van der Waals surface area contributed by atoms with E-state index in [2.05, 4.69) is 4.74 Å². The number of aliphatic hydroxyl groups excluding tert-OH is 1. The van der Waals surface area contributed by atoms with Crippen molar-refractivity contribution in [1.82, 2.24) is 0 Å². The van der Waals surface area contributed by atoms with Crippen molar-refractivity contribution in [3.05, 3.63) is 28.5 Å². The summed E-state index contributed by atoms with van der Waals surface area (Å²) in [6, 6.07) is 2.94. The number of rotatable bonds is 2. The molecule has 4 heteroatoms. The molecule has 0 aliphatic carbocycles. The summed E-state index contributed by atoms with van der Waals surface area (Å²) in [5.74, 6) is -0.553. The number of halogens is 2. The first-order valence-corrected chi connectivity index (χ1v) is 3.70. The summed E-state index contributed by atoms with van der Waals surface area (Å²) in [7, 11) is 1.35. The molecule has 1 aromatic rings. The van der Waals surface area contributed by atoms with Crippen LogP contribution in [0.5, 0.6) is 5.75 Å². The predicted octanol–water partition coefficient (Wildman–Crippen LogP) is 1.98. The van der Waals surface area contributed by atoms with Crippen molar-refractivity contribution in [2.24, 2.45) is 0 Å². The lowest BCUT2D eigenvalue weighted by Crippen LogP contribution is -1.93. The molecule has 0 aliphatic heterocycles. The first kappa shape index (κ1) is 9.29. The molecule has 1 rings (SSSR count). The molecule has 12 heavy (non-hydrogen) atoms. The fourth-order valence-corrected chi connectivity index (χ4v) is 1.07. The van der Waals surface area contributed by atoms with Crippen LogP contribution >= 0.6 is 11.6 Å². The molecule has 66 valence electrons. The fourth-order valence-electron chi connectivity index (χ4n) is 0.851. The second-order valence-electron chi connectivity index (χ2n) is 2.21. The molecule has 0 aromatic heterocycles. The van der Waals surface area contributed by atoms with Crippen LogP contribution in [0.2, 0.25) is 5.02 Å². The van der Waals surface area contributed by atoms with Crippen LogP contribution in [0.1, 0.15) is 5.56 Å². The summed E-state index contributed by atoms with van der Waals surface area (Å²) in [6.07, 6.45) is 0. The third-order valence-corrected chi connectivity index (χ3v) is 1.93. The molecule has 0 amide bonds. The van der Waals surface area contributed by atoms with Gasteiger partial charge in [0.25, 0.3) is 0 Å². The summed E-state index contributed by atoms with van der Waals surface area (Å²) >= 11 is 5.56. The predicted molar refractivity (Wildman–Crippen MR) is 43.9 cm³/mol. The molecule has 0 spiro atoms. The van der Waals surface area contributed by atoms with Crippen LogP contribution in [0.3, 0.4) is 0 Å². The molecule has 1 aromatic carbocycles. The van der Waals surface area contributed by atoms with Gasteiger partial charge in [-0.05, 0) is 11.6 Å². The van der Waals surface area contributed by atoms with Gasteiger partial charge in [-0.15, -0.1) is 0 Å². The highest BCUT2D eigenvalue weighted by atomic mass is 35.5. The van der Waals surface area contributed by atoms with Crippen LogP contribution in [0, 0.1) is 5.82 Å². The van der Waals surface area contributed by atoms with Crippen LogP contribution in [0.15, 0.2) is 12.1 Å². The maximum atomic E-state index is 13.1. The fraction of sp³-hybridized carbons (Fsp3) is 0.250. The first-order valence-electron chi connectivity index (χ1n) is 3.32. The largest absolute Gasteiger partial charge is 0.494 e. The van der Waals surface area contributed by atoms with Crippen molar-refractivity contribution < 1.29 is 14.2 Å². The zero-order valence-electron chi connectivity index (χ0n) is 6.47. The van der Waals surface area contributed by atoms with Crippen LogP contribution in [0.4, 0.5) is 4.39 Å². The molecule has 2 nitrogen and oxygen atoms in total. The molecule has 0 aliphatic rings. The zero-order valence-corrected chi connectivity index (χ0v) is 7.23. The van der Waals surface area contributed by atoms with Crippen LogP contribution in [0.25, 0.3) is 0 Å². The van der Waals surface area contributed by atoms with Crippen LogP contribution in [-0.2, 0) is 6.61 Å². The minimum atomic E-state index is -0.634. The summed E-state index contributed by atoms with van der Waals surface area (Å²) < 4.78 is 17.8. The molecule has 0 saturated heterocycles. The van der Waals surface area contributed by atoms with Gasteiger partial charge < -0.3 is 9.84 Å². The van der Waals surface area contributed by atoms with E-state index in [-0.39, 0.29) is 17.4 Å². The lowest BCUT2D eigenvalue weighted by molar-refractivity contribution is 0.280. The Bertz CT molecular complexity index is 260. The average molecular weight is 191 g/mol. The standard InChI is InChI=1S/C8H8ClFO2/c1-12-6-3-2-5(4-11)7(9)8(6)10/h2-3,11H,4H2,1H3. The lowest BCUT2D eigenvalue weighted by atomic mass is 10.2. The number of hydrogen-bond donors (Lipinski definition) is 1. The number of methoxy groups -OCH3 is 1. The molecule has 0 bridgehead atoms. The van der Waals surface area contributed by atoms with Crippen molar-refractivity contribution in [3.63, 3.8) is 0 Å². The quantitative estimate of drug-likeness (QED) is 0.773. The molecule has 1 N–H and O–H groups in total. The van der Waals surface area contributed by atoms with Crippen LogP contribution in [-0.4, -0.2) is 12.2 Å². The van der Waals surface area contributed by atoms with Gasteiger partial charge in [-0.2, -0.15) is 0 Å². The van der Waals surface area contributed by atoms with E-state index in [0.29, 0.717) is 5.56 Å². The van der Waals surface area contributed by atoms with Gasteiger partial charge >= 0.3 is 0 Å². The zero-order chi connectivity index (χ0) is 9.14. The molecule has 0 radical (unpaired) electrons. The molecule has 0 atom stereocenters. The van der Waals surface area contributed by atoms with Crippen molar-refractivity contribution in [2.45, 2.75) is 6.61 Å². The van der Waals surface area contributed by atoms with E-state index in [1.54, 1.807) is 0 Å². The van der Waals surface area contributed by atoms with E-state index in [0.717, 1.165) is 0 Å². The number of benzene rings is 1. The Labute approximate surface area is 74.5 Å². The maximum absolute atomic E-state index is 13.1. The van der Waals surface area contributed by atoms with E-state index in [9.17, 15) is 4.39 Å². The Morgan fingerprint density at radius 1 is 1.58 bits per heavy atom. The first-order chi connectivity index (χ1) is 5.70. The topological polar surface area (TPSA) is 29.5 Å². The van der Waals surface area contributed by atoms with Gasteiger partial charge in [-0.1, -0.05) is 17.7 Å². The van der Waals surface area contributed by atoms with E-state index in [1.807, 2.05) is 0 Å². The van der Waals surface area contributed by atoms with Gasteiger partial charge in [0, 0.05) is 0 Å². The number of hydrogen-bond acceptors (Lipinski definition) is 2. The van der Waals surface area contributed by atoms with Gasteiger partial charge in [-0.3, -0.25) is 0 Å². The van der Waals surface area contributed by atoms with E-state index in [1.165, 1.54) is 19.2 Å². The Morgan fingerprint density at radius 3 is 2.75 bits per heavy atom. The Kier molecular flexibility index (Phi) is 2.89. The Morgan fingerprint density at radius 2 is 2.25 bits per heavy atom. The third kappa shape index (κ3) is 1.52. The minimum Gasteiger partial charge on any atom is -0.494 e. The summed E-state index contributed by atoms with van der Waals surface area (Å²) in [5, 5.41) is 8.63. The van der Waals surface area contributed by atoms with Crippen molar-refractivity contribution >= 4 is 11.6 Å².